The van der Waals surface area contributed by atoms with Gasteiger partial charge in [-0.05, 0) is 57.5 Å². The zero-order chi connectivity index (χ0) is 10.7. The van der Waals surface area contributed by atoms with Crippen LogP contribution in [0, 0.1) is 13.8 Å². The first-order valence-corrected chi connectivity index (χ1v) is 6.44. The lowest BCUT2D eigenvalue weighted by molar-refractivity contribution is 0.531. The van der Waals surface area contributed by atoms with Gasteiger partial charge in [0.1, 0.15) is 0 Å². The molecule has 2 nitrogen and oxygen atoms in total. The maximum atomic E-state index is 4.57. The summed E-state index contributed by atoms with van der Waals surface area (Å²) >= 11 is 1.94. The predicted molar refractivity (Wildman–Crippen MR) is 65.5 cm³/mol. The number of hydrogen-bond donors (Lipinski definition) is 1. The predicted octanol–water partition coefficient (Wildman–Crippen LogP) is 2.54. The van der Waals surface area contributed by atoms with E-state index in [1.165, 1.54) is 23.4 Å². The first kappa shape index (κ1) is 11.0. The monoisotopic (exact) mass is 222 g/mol. The van der Waals surface area contributed by atoms with Gasteiger partial charge < -0.3 is 5.32 Å². The Balaban J connectivity index is 2.02. The van der Waals surface area contributed by atoms with Crippen molar-refractivity contribution in [3.05, 3.63) is 23.4 Å². The molecule has 0 saturated carbocycles. The zero-order valence-corrected chi connectivity index (χ0v) is 10.2. The normalized spacial score (nSPS) is 18.0. The number of nitrogens with zero attached hydrogens (tertiary/aromatic N) is 1. The molecule has 0 atom stereocenters. The average molecular weight is 222 g/mol. The highest BCUT2D eigenvalue weighted by Gasteiger charge is 2.14. The van der Waals surface area contributed by atoms with E-state index < -0.39 is 0 Å². The summed E-state index contributed by atoms with van der Waals surface area (Å²) in [5.41, 5.74) is 2.45. The van der Waals surface area contributed by atoms with Crippen LogP contribution in [-0.2, 0) is 0 Å². The quantitative estimate of drug-likeness (QED) is 0.832. The van der Waals surface area contributed by atoms with Crippen LogP contribution in [0.4, 0.5) is 0 Å². The molecular formula is C12H18N2S. The Labute approximate surface area is 95.9 Å². The van der Waals surface area contributed by atoms with E-state index in [1.807, 2.05) is 11.8 Å². The van der Waals surface area contributed by atoms with E-state index in [1.54, 1.807) is 0 Å². The van der Waals surface area contributed by atoms with Gasteiger partial charge in [0.2, 0.25) is 0 Å². The Bertz CT molecular complexity index is 312. The highest BCUT2D eigenvalue weighted by molar-refractivity contribution is 7.99. The number of thioether (sulfide) groups is 1. The number of aryl methyl sites for hydroxylation is 2. The van der Waals surface area contributed by atoms with Crippen molar-refractivity contribution >= 4 is 11.8 Å². The lowest BCUT2D eigenvalue weighted by atomic mass is 10.2. The third kappa shape index (κ3) is 3.21. The lowest BCUT2D eigenvalue weighted by Crippen LogP contribution is -2.29. The first-order chi connectivity index (χ1) is 7.24. The summed E-state index contributed by atoms with van der Waals surface area (Å²) in [6, 6.07) is 4.33. The molecule has 1 fully saturated rings. The maximum absolute atomic E-state index is 4.57. The van der Waals surface area contributed by atoms with E-state index >= 15 is 0 Å². The van der Waals surface area contributed by atoms with Gasteiger partial charge in [0.15, 0.2) is 0 Å². The Hall–Kier alpha value is -0.540. The Morgan fingerprint density at radius 1 is 1.27 bits per heavy atom. The minimum atomic E-state index is 0.750. The van der Waals surface area contributed by atoms with E-state index in [-0.39, 0.29) is 0 Å². The molecule has 0 aliphatic carbocycles. The highest BCUT2D eigenvalue weighted by atomic mass is 32.2. The third-order valence-electron chi connectivity index (χ3n) is 2.65. The Morgan fingerprint density at radius 2 is 2.00 bits per heavy atom. The van der Waals surface area contributed by atoms with Crippen molar-refractivity contribution in [1.29, 1.82) is 0 Å². The van der Waals surface area contributed by atoms with E-state index in [9.17, 15) is 0 Å². The summed E-state index contributed by atoms with van der Waals surface area (Å²) in [6.45, 7) is 6.52. The van der Waals surface area contributed by atoms with E-state index in [2.05, 4.69) is 36.3 Å². The standard InChI is InChI=1S/C12H18N2S/c1-9-7-10(2)14-12(8-9)15-11-3-5-13-6-4-11/h7-8,11,13H,3-6H2,1-2H3. The topological polar surface area (TPSA) is 24.9 Å². The highest BCUT2D eigenvalue weighted by Crippen LogP contribution is 2.27. The molecule has 1 aliphatic rings. The SMILES string of the molecule is Cc1cc(C)nc(SC2CCNCC2)c1. The van der Waals surface area contributed by atoms with Gasteiger partial charge in [-0.15, -0.1) is 11.8 Å². The van der Waals surface area contributed by atoms with Gasteiger partial charge in [-0.1, -0.05) is 0 Å². The number of pyridine rings is 1. The molecule has 15 heavy (non-hydrogen) atoms. The second-order valence-corrected chi connectivity index (χ2v) is 5.51. The summed E-state index contributed by atoms with van der Waals surface area (Å²) in [4.78, 5) is 4.57. The number of piperidine rings is 1. The van der Waals surface area contributed by atoms with Crippen molar-refractivity contribution in [2.75, 3.05) is 13.1 Å². The van der Waals surface area contributed by atoms with Crippen molar-refractivity contribution < 1.29 is 0 Å². The van der Waals surface area contributed by atoms with Crippen molar-refractivity contribution in [1.82, 2.24) is 10.3 Å². The number of rotatable bonds is 2. The zero-order valence-electron chi connectivity index (χ0n) is 9.42. The lowest BCUT2D eigenvalue weighted by Gasteiger charge is -2.21. The summed E-state index contributed by atoms with van der Waals surface area (Å²) < 4.78 is 0. The van der Waals surface area contributed by atoms with Gasteiger partial charge in [0, 0.05) is 10.9 Å². The molecule has 1 aromatic heterocycles. The molecule has 1 aromatic rings. The fourth-order valence-electron chi connectivity index (χ4n) is 1.95. The van der Waals surface area contributed by atoms with Crippen LogP contribution >= 0.6 is 11.8 Å². The van der Waals surface area contributed by atoms with Crippen molar-refractivity contribution in [3.63, 3.8) is 0 Å². The molecule has 1 saturated heterocycles. The van der Waals surface area contributed by atoms with Gasteiger partial charge in [-0.2, -0.15) is 0 Å². The molecule has 0 bridgehead atoms. The molecule has 0 unspecified atom stereocenters. The van der Waals surface area contributed by atoms with Crippen LogP contribution in [0.25, 0.3) is 0 Å². The molecule has 0 aromatic carbocycles. The fourth-order valence-corrected chi connectivity index (χ4v) is 3.21. The second kappa shape index (κ2) is 4.99. The smallest absolute Gasteiger partial charge is 0.0968 e. The number of nitrogens with one attached hydrogen (secondary N) is 1. The van der Waals surface area contributed by atoms with Gasteiger partial charge in [-0.3, -0.25) is 0 Å². The molecule has 1 aliphatic heterocycles. The second-order valence-electron chi connectivity index (χ2n) is 4.19. The average Bonchev–Trinajstić information content (AvgIpc) is 2.17. The summed E-state index contributed by atoms with van der Waals surface area (Å²) in [5, 5.41) is 5.33. The molecule has 0 spiro atoms. The maximum Gasteiger partial charge on any atom is 0.0968 e. The number of aromatic nitrogens is 1. The molecule has 3 heteroatoms. The summed E-state index contributed by atoms with van der Waals surface area (Å²) in [7, 11) is 0. The van der Waals surface area contributed by atoms with Gasteiger partial charge in [-0.25, -0.2) is 4.98 Å². The van der Waals surface area contributed by atoms with Gasteiger partial charge >= 0.3 is 0 Å². The van der Waals surface area contributed by atoms with Crippen LogP contribution in [0.3, 0.4) is 0 Å². The Kier molecular flexibility index (Phi) is 3.65. The van der Waals surface area contributed by atoms with Crippen LogP contribution in [0.15, 0.2) is 17.2 Å². The molecule has 0 radical (unpaired) electrons. The molecule has 2 heterocycles. The fraction of sp³-hybridized carbons (Fsp3) is 0.583. The Morgan fingerprint density at radius 3 is 2.67 bits per heavy atom. The minimum Gasteiger partial charge on any atom is -0.317 e. The largest absolute Gasteiger partial charge is 0.317 e. The number of hydrogen-bond acceptors (Lipinski definition) is 3. The molecule has 1 N–H and O–H groups in total. The van der Waals surface area contributed by atoms with Crippen LogP contribution in [0.5, 0.6) is 0 Å². The van der Waals surface area contributed by atoms with E-state index in [0.717, 1.165) is 24.0 Å². The minimum absolute atomic E-state index is 0.750. The van der Waals surface area contributed by atoms with E-state index in [4.69, 9.17) is 0 Å². The third-order valence-corrected chi connectivity index (χ3v) is 3.90. The van der Waals surface area contributed by atoms with Crippen LogP contribution < -0.4 is 5.32 Å². The molecule has 2 rings (SSSR count). The first-order valence-electron chi connectivity index (χ1n) is 5.57. The molecular weight excluding hydrogens is 204 g/mol. The van der Waals surface area contributed by atoms with Crippen LogP contribution in [0.2, 0.25) is 0 Å². The van der Waals surface area contributed by atoms with Crippen LogP contribution in [0.1, 0.15) is 24.1 Å². The molecule has 82 valence electrons. The molecule has 0 amide bonds. The van der Waals surface area contributed by atoms with Crippen LogP contribution in [-0.4, -0.2) is 23.3 Å². The van der Waals surface area contributed by atoms with Crippen molar-refractivity contribution in [2.24, 2.45) is 0 Å². The van der Waals surface area contributed by atoms with Crippen molar-refractivity contribution in [3.8, 4) is 0 Å². The summed E-state index contributed by atoms with van der Waals surface area (Å²) in [6.07, 6.45) is 2.53. The van der Waals surface area contributed by atoms with Gasteiger partial charge in [0.05, 0.1) is 5.03 Å². The van der Waals surface area contributed by atoms with Crippen molar-refractivity contribution in [2.45, 2.75) is 37.0 Å². The summed E-state index contributed by atoms with van der Waals surface area (Å²) in [5.74, 6) is 0. The van der Waals surface area contributed by atoms with Gasteiger partial charge in [0.25, 0.3) is 0 Å². The van der Waals surface area contributed by atoms with E-state index in [0.29, 0.717) is 0 Å².